The molecule has 1 aliphatic carbocycles. The van der Waals surface area contributed by atoms with E-state index in [2.05, 4.69) is 20.9 Å². The summed E-state index contributed by atoms with van der Waals surface area (Å²) in [6.45, 7) is 3.51. The molecule has 0 unspecified atom stereocenters. The van der Waals surface area contributed by atoms with Crippen molar-refractivity contribution in [2.75, 3.05) is 18.6 Å². The Labute approximate surface area is 157 Å². The van der Waals surface area contributed by atoms with E-state index >= 15 is 0 Å². The lowest BCUT2D eigenvalue weighted by Crippen LogP contribution is -2.33. The minimum atomic E-state index is -0.0626. The monoisotopic (exact) mass is 362 g/mol. The molecule has 0 amide bonds. The van der Waals surface area contributed by atoms with Gasteiger partial charge >= 0.3 is 0 Å². The Bertz CT molecular complexity index is 1100. The SMILES string of the molecule is COc1cc(C2CC2)c2c(=O)[nH]c(N3CCc4nc(C)ccc4C3)nc2c1. The van der Waals surface area contributed by atoms with Gasteiger partial charge in [-0.25, -0.2) is 4.98 Å². The number of methoxy groups -OCH3 is 1. The fourth-order valence-corrected chi connectivity index (χ4v) is 3.95. The summed E-state index contributed by atoms with van der Waals surface area (Å²) in [4.78, 5) is 27.5. The van der Waals surface area contributed by atoms with Crippen LogP contribution in [0.3, 0.4) is 0 Å². The molecule has 0 saturated heterocycles. The van der Waals surface area contributed by atoms with E-state index in [1.54, 1.807) is 7.11 Å². The third kappa shape index (κ3) is 2.85. The number of anilines is 1. The van der Waals surface area contributed by atoms with Gasteiger partial charge < -0.3 is 9.64 Å². The van der Waals surface area contributed by atoms with Gasteiger partial charge in [-0.15, -0.1) is 0 Å². The smallest absolute Gasteiger partial charge is 0.260 e. The fraction of sp³-hybridized carbons (Fsp3) is 0.381. The van der Waals surface area contributed by atoms with Crippen LogP contribution in [0, 0.1) is 6.92 Å². The van der Waals surface area contributed by atoms with Crippen molar-refractivity contribution < 1.29 is 4.74 Å². The number of aryl methyl sites for hydroxylation is 1. The standard InChI is InChI=1S/C21H22N4O2/c1-12-3-4-14-11-25(8-7-17(14)22-12)21-23-18-10-15(27-2)9-16(13-5-6-13)19(18)20(26)24-21/h3-4,9-10,13H,5-8,11H2,1-2H3,(H,23,24,26). The molecule has 1 saturated carbocycles. The summed E-state index contributed by atoms with van der Waals surface area (Å²) in [6.07, 6.45) is 3.10. The highest BCUT2D eigenvalue weighted by molar-refractivity contribution is 5.85. The number of benzene rings is 1. The zero-order valence-corrected chi connectivity index (χ0v) is 15.6. The van der Waals surface area contributed by atoms with Gasteiger partial charge in [0.2, 0.25) is 5.95 Å². The number of aromatic amines is 1. The van der Waals surface area contributed by atoms with Crippen LogP contribution in [-0.2, 0) is 13.0 Å². The maximum absolute atomic E-state index is 12.9. The van der Waals surface area contributed by atoms with Crippen LogP contribution in [0.15, 0.2) is 29.1 Å². The zero-order valence-electron chi connectivity index (χ0n) is 15.6. The first-order valence-corrected chi connectivity index (χ1v) is 9.44. The number of pyridine rings is 1. The number of nitrogens with zero attached hydrogens (tertiary/aromatic N) is 3. The molecule has 1 aliphatic heterocycles. The second-order valence-electron chi connectivity index (χ2n) is 7.50. The van der Waals surface area contributed by atoms with Crippen LogP contribution in [0.5, 0.6) is 5.75 Å². The van der Waals surface area contributed by atoms with Gasteiger partial charge in [-0.05, 0) is 48.9 Å². The van der Waals surface area contributed by atoms with Crippen LogP contribution in [0.4, 0.5) is 5.95 Å². The van der Waals surface area contributed by atoms with Gasteiger partial charge in [0, 0.05) is 37.0 Å². The molecule has 5 rings (SSSR count). The fourth-order valence-electron chi connectivity index (χ4n) is 3.95. The third-order valence-electron chi connectivity index (χ3n) is 5.54. The Hall–Kier alpha value is -2.89. The molecule has 27 heavy (non-hydrogen) atoms. The summed E-state index contributed by atoms with van der Waals surface area (Å²) < 4.78 is 5.45. The summed E-state index contributed by atoms with van der Waals surface area (Å²) in [7, 11) is 1.66. The Morgan fingerprint density at radius 3 is 2.85 bits per heavy atom. The number of rotatable bonds is 3. The van der Waals surface area contributed by atoms with Crippen LogP contribution in [0.2, 0.25) is 0 Å². The average molecular weight is 362 g/mol. The van der Waals surface area contributed by atoms with Crippen molar-refractivity contribution in [2.45, 2.75) is 38.6 Å². The molecule has 2 aliphatic rings. The summed E-state index contributed by atoms with van der Waals surface area (Å²) >= 11 is 0. The zero-order chi connectivity index (χ0) is 18.5. The van der Waals surface area contributed by atoms with Crippen LogP contribution in [0.1, 0.15) is 41.3 Å². The number of hydrogen-bond acceptors (Lipinski definition) is 5. The molecule has 2 aromatic heterocycles. The quantitative estimate of drug-likeness (QED) is 0.775. The van der Waals surface area contributed by atoms with Gasteiger partial charge in [0.25, 0.3) is 5.56 Å². The first kappa shape index (κ1) is 16.3. The lowest BCUT2D eigenvalue weighted by atomic mass is 10.0. The van der Waals surface area contributed by atoms with Gasteiger partial charge in [-0.2, -0.15) is 0 Å². The number of ether oxygens (including phenoxy) is 1. The molecule has 0 spiro atoms. The molecule has 6 heteroatoms. The summed E-state index contributed by atoms with van der Waals surface area (Å²) in [5.74, 6) is 1.83. The normalized spacial score (nSPS) is 16.4. The maximum Gasteiger partial charge on any atom is 0.260 e. The second-order valence-corrected chi connectivity index (χ2v) is 7.50. The predicted octanol–water partition coefficient (Wildman–Crippen LogP) is 3.08. The molecule has 0 atom stereocenters. The highest BCUT2D eigenvalue weighted by atomic mass is 16.5. The molecule has 1 N–H and O–H groups in total. The minimum absolute atomic E-state index is 0.0626. The predicted molar refractivity (Wildman–Crippen MR) is 105 cm³/mol. The molecule has 0 radical (unpaired) electrons. The van der Waals surface area contributed by atoms with Crippen molar-refractivity contribution in [1.29, 1.82) is 0 Å². The minimum Gasteiger partial charge on any atom is -0.497 e. The Morgan fingerprint density at radius 2 is 2.07 bits per heavy atom. The van der Waals surface area contributed by atoms with Crippen molar-refractivity contribution >= 4 is 16.9 Å². The number of H-pyrrole nitrogens is 1. The topological polar surface area (TPSA) is 71.1 Å². The van der Waals surface area contributed by atoms with E-state index in [0.717, 1.165) is 48.5 Å². The molecule has 0 bridgehead atoms. The number of aromatic nitrogens is 3. The van der Waals surface area contributed by atoms with E-state index in [-0.39, 0.29) is 5.56 Å². The molecular weight excluding hydrogens is 340 g/mol. The molecule has 1 aromatic carbocycles. The third-order valence-corrected chi connectivity index (χ3v) is 5.54. The molecule has 6 nitrogen and oxygen atoms in total. The molecule has 3 heterocycles. The van der Waals surface area contributed by atoms with Crippen LogP contribution < -0.4 is 15.2 Å². The summed E-state index contributed by atoms with van der Waals surface area (Å²) in [6, 6.07) is 8.01. The van der Waals surface area contributed by atoms with Gasteiger partial charge in [-0.1, -0.05) is 6.07 Å². The molecule has 138 valence electrons. The Morgan fingerprint density at radius 1 is 1.22 bits per heavy atom. The van der Waals surface area contributed by atoms with Gasteiger partial charge in [0.05, 0.1) is 18.0 Å². The molecule has 3 aromatic rings. The van der Waals surface area contributed by atoms with Gasteiger partial charge in [0.15, 0.2) is 0 Å². The van der Waals surface area contributed by atoms with Crippen molar-refractivity contribution in [2.24, 2.45) is 0 Å². The van der Waals surface area contributed by atoms with Crippen molar-refractivity contribution in [3.63, 3.8) is 0 Å². The molecule has 1 fully saturated rings. The highest BCUT2D eigenvalue weighted by Crippen LogP contribution is 2.43. The first-order valence-electron chi connectivity index (χ1n) is 9.44. The van der Waals surface area contributed by atoms with E-state index in [4.69, 9.17) is 9.72 Å². The number of fused-ring (bicyclic) bond motifs is 2. The largest absolute Gasteiger partial charge is 0.497 e. The Kier molecular flexibility index (Phi) is 3.67. The van der Waals surface area contributed by atoms with Crippen molar-refractivity contribution in [3.05, 3.63) is 57.1 Å². The number of hydrogen-bond donors (Lipinski definition) is 1. The average Bonchev–Trinajstić information content (AvgIpc) is 3.51. The van der Waals surface area contributed by atoms with Crippen LogP contribution in [0.25, 0.3) is 10.9 Å². The molecular formula is C21H22N4O2. The van der Waals surface area contributed by atoms with E-state index in [1.807, 2.05) is 25.1 Å². The maximum atomic E-state index is 12.9. The van der Waals surface area contributed by atoms with E-state index in [1.165, 1.54) is 5.56 Å². The number of nitrogens with one attached hydrogen (secondary N) is 1. The van der Waals surface area contributed by atoms with Crippen LogP contribution >= 0.6 is 0 Å². The van der Waals surface area contributed by atoms with Crippen LogP contribution in [-0.4, -0.2) is 28.6 Å². The highest BCUT2D eigenvalue weighted by Gasteiger charge is 2.28. The van der Waals surface area contributed by atoms with E-state index in [0.29, 0.717) is 29.3 Å². The first-order chi connectivity index (χ1) is 13.1. The van der Waals surface area contributed by atoms with Gasteiger partial charge in [0.1, 0.15) is 5.75 Å². The van der Waals surface area contributed by atoms with E-state index in [9.17, 15) is 4.79 Å². The Balaban J connectivity index is 1.58. The van der Waals surface area contributed by atoms with Crippen molar-refractivity contribution in [3.8, 4) is 5.75 Å². The van der Waals surface area contributed by atoms with E-state index < -0.39 is 0 Å². The van der Waals surface area contributed by atoms with Gasteiger partial charge in [-0.3, -0.25) is 14.8 Å². The second kappa shape index (κ2) is 6.08. The lowest BCUT2D eigenvalue weighted by molar-refractivity contribution is 0.415. The lowest BCUT2D eigenvalue weighted by Gasteiger charge is -2.29. The van der Waals surface area contributed by atoms with Crippen molar-refractivity contribution in [1.82, 2.24) is 15.0 Å². The summed E-state index contributed by atoms with van der Waals surface area (Å²) in [5.41, 5.74) is 5.09. The summed E-state index contributed by atoms with van der Waals surface area (Å²) in [5, 5.41) is 0.705.